The van der Waals surface area contributed by atoms with Crippen LogP contribution in [-0.2, 0) is 20.4 Å². The molecule has 2 aliphatic heterocycles. The molecule has 0 unspecified atom stereocenters. The number of benzene rings is 2. The van der Waals surface area contributed by atoms with Crippen LogP contribution in [0, 0.1) is 13.8 Å². The number of piperazine rings is 1. The Labute approximate surface area is 228 Å². The van der Waals surface area contributed by atoms with Crippen LogP contribution in [0.1, 0.15) is 38.4 Å². The SMILES string of the molecule is COc1cccc(CS(=O)(=O)c2ccc3c(c2)C(=Cc2[nH]c(C)c(C(=O)N4CCN(C)CC4)c2C)C(=O)N3)c1. The molecular weight excluding hydrogens is 516 g/mol. The second-order valence-electron chi connectivity index (χ2n) is 10.1. The van der Waals surface area contributed by atoms with Gasteiger partial charge in [-0.05, 0) is 68.4 Å². The maximum Gasteiger partial charge on any atom is 0.256 e. The summed E-state index contributed by atoms with van der Waals surface area (Å²) >= 11 is 0. The van der Waals surface area contributed by atoms with E-state index in [0.717, 1.165) is 24.3 Å². The van der Waals surface area contributed by atoms with Crippen LogP contribution in [0.5, 0.6) is 5.75 Å². The molecule has 2 aromatic carbocycles. The van der Waals surface area contributed by atoms with E-state index in [1.807, 2.05) is 25.8 Å². The van der Waals surface area contributed by atoms with E-state index < -0.39 is 9.84 Å². The van der Waals surface area contributed by atoms with Gasteiger partial charge < -0.3 is 24.8 Å². The molecular formula is C29H32N4O5S. The van der Waals surface area contributed by atoms with Crippen LogP contribution < -0.4 is 10.1 Å². The molecule has 0 atom stereocenters. The third kappa shape index (κ3) is 5.22. The number of aromatic nitrogens is 1. The van der Waals surface area contributed by atoms with Gasteiger partial charge >= 0.3 is 0 Å². The van der Waals surface area contributed by atoms with E-state index in [9.17, 15) is 18.0 Å². The topological polar surface area (TPSA) is 112 Å². The summed E-state index contributed by atoms with van der Waals surface area (Å²) < 4.78 is 31.8. The van der Waals surface area contributed by atoms with E-state index in [0.29, 0.717) is 52.5 Å². The van der Waals surface area contributed by atoms with Crippen molar-refractivity contribution in [2.45, 2.75) is 24.5 Å². The molecule has 0 radical (unpaired) electrons. The van der Waals surface area contributed by atoms with E-state index in [2.05, 4.69) is 15.2 Å². The molecule has 0 spiro atoms. The quantitative estimate of drug-likeness (QED) is 0.456. The molecule has 2 aliphatic rings. The number of hydrogen-bond acceptors (Lipinski definition) is 6. The average molecular weight is 549 g/mol. The number of carbonyl (C=O) groups excluding carboxylic acids is 2. The third-order valence-electron chi connectivity index (χ3n) is 7.39. The number of anilines is 1. The molecule has 5 rings (SSSR count). The molecule has 0 aliphatic carbocycles. The number of nitrogens with one attached hydrogen (secondary N) is 2. The fourth-order valence-corrected chi connectivity index (χ4v) is 6.48. The van der Waals surface area contributed by atoms with Crippen LogP contribution in [0.3, 0.4) is 0 Å². The third-order valence-corrected chi connectivity index (χ3v) is 9.08. The molecule has 2 N–H and O–H groups in total. The summed E-state index contributed by atoms with van der Waals surface area (Å²) in [7, 11) is -0.122. The summed E-state index contributed by atoms with van der Waals surface area (Å²) in [5.74, 6) is 0.0294. The Bertz CT molecular complexity index is 1600. The number of aryl methyl sites for hydroxylation is 1. The van der Waals surface area contributed by atoms with E-state index in [-0.39, 0.29) is 22.5 Å². The zero-order valence-electron chi connectivity index (χ0n) is 22.5. The molecule has 9 nitrogen and oxygen atoms in total. The number of ether oxygens (including phenoxy) is 1. The van der Waals surface area contributed by atoms with Crippen LogP contribution >= 0.6 is 0 Å². The molecule has 39 heavy (non-hydrogen) atoms. The normalized spacial score (nSPS) is 16.9. The Morgan fingerprint density at radius 3 is 2.54 bits per heavy atom. The zero-order chi connectivity index (χ0) is 27.9. The first kappa shape index (κ1) is 26.7. The number of aromatic amines is 1. The van der Waals surface area contributed by atoms with E-state index in [1.54, 1.807) is 36.4 Å². The molecule has 0 saturated carbocycles. The van der Waals surface area contributed by atoms with Gasteiger partial charge in [-0.1, -0.05) is 12.1 Å². The van der Waals surface area contributed by atoms with Crippen molar-refractivity contribution in [3.63, 3.8) is 0 Å². The fourth-order valence-electron chi connectivity index (χ4n) is 5.12. The van der Waals surface area contributed by atoms with Gasteiger partial charge in [0.05, 0.1) is 28.9 Å². The monoisotopic (exact) mass is 548 g/mol. The number of likely N-dealkylation sites (N-methyl/N-ethyl adjacent to an activating group) is 1. The first-order chi connectivity index (χ1) is 18.6. The number of rotatable bonds is 6. The summed E-state index contributed by atoms with van der Waals surface area (Å²) in [6, 6.07) is 11.6. The maximum atomic E-state index is 13.3. The number of hydrogen-bond donors (Lipinski definition) is 2. The van der Waals surface area contributed by atoms with Gasteiger partial charge in [0.1, 0.15) is 5.75 Å². The molecule has 2 amide bonds. The highest BCUT2D eigenvalue weighted by atomic mass is 32.2. The smallest absolute Gasteiger partial charge is 0.256 e. The Hall–Kier alpha value is -3.89. The lowest BCUT2D eigenvalue weighted by molar-refractivity contribution is -0.110. The van der Waals surface area contributed by atoms with Crippen LogP contribution in [0.2, 0.25) is 0 Å². The highest BCUT2D eigenvalue weighted by Gasteiger charge is 2.29. The highest BCUT2D eigenvalue weighted by molar-refractivity contribution is 7.90. The van der Waals surface area contributed by atoms with Crippen molar-refractivity contribution in [3.8, 4) is 5.75 Å². The van der Waals surface area contributed by atoms with Crippen molar-refractivity contribution >= 4 is 39.0 Å². The minimum atomic E-state index is -3.70. The highest BCUT2D eigenvalue weighted by Crippen LogP contribution is 2.36. The predicted molar refractivity (Wildman–Crippen MR) is 150 cm³/mol. The summed E-state index contributed by atoms with van der Waals surface area (Å²) in [5.41, 5.74) is 4.74. The van der Waals surface area contributed by atoms with Gasteiger partial charge in [-0.3, -0.25) is 9.59 Å². The van der Waals surface area contributed by atoms with Crippen molar-refractivity contribution < 1.29 is 22.7 Å². The Morgan fingerprint density at radius 1 is 1.08 bits per heavy atom. The number of nitrogens with zero attached hydrogens (tertiary/aromatic N) is 2. The van der Waals surface area contributed by atoms with Crippen LogP contribution in [0.25, 0.3) is 11.6 Å². The van der Waals surface area contributed by atoms with Crippen molar-refractivity contribution in [2.24, 2.45) is 0 Å². The molecule has 3 heterocycles. The van der Waals surface area contributed by atoms with Gasteiger partial charge in [0.15, 0.2) is 9.84 Å². The Morgan fingerprint density at radius 2 is 1.82 bits per heavy atom. The predicted octanol–water partition coefficient (Wildman–Crippen LogP) is 3.49. The van der Waals surface area contributed by atoms with Crippen LogP contribution in [0.4, 0.5) is 5.69 Å². The van der Waals surface area contributed by atoms with Gasteiger partial charge in [-0.2, -0.15) is 0 Å². The number of methoxy groups -OCH3 is 1. The van der Waals surface area contributed by atoms with Gasteiger partial charge in [-0.25, -0.2) is 8.42 Å². The van der Waals surface area contributed by atoms with Crippen molar-refractivity contribution in [1.82, 2.24) is 14.8 Å². The molecule has 204 valence electrons. The minimum absolute atomic E-state index is 0.0267. The van der Waals surface area contributed by atoms with Gasteiger partial charge in [0, 0.05) is 48.8 Å². The van der Waals surface area contributed by atoms with Crippen molar-refractivity contribution in [1.29, 1.82) is 0 Å². The second kappa shape index (κ2) is 10.3. The first-order valence-corrected chi connectivity index (χ1v) is 14.4. The standard InChI is InChI=1S/C29H32N4O5S/c1-18-26(30-19(2)27(18)29(35)33-12-10-32(3)11-13-33)16-24-23-15-22(8-9-25(23)31-28(24)34)39(36,37)17-20-6-5-7-21(14-20)38-4/h5-9,14-16,30H,10-13,17H2,1-4H3,(H,31,34). The van der Waals surface area contributed by atoms with E-state index >= 15 is 0 Å². The van der Waals surface area contributed by atoms with Crippen LogP contribution in [0.15, 0.2) is 47.4 Å². The summed E-state index contributed by atoms with van der Waals surface area (Å²) in [5, 5.41) is 2.82. The molecule has 3 aromatic rings. The summed E-state index contributed by atoms with van der Waals surface area (Å²) in [6.07, 6.45) is 1.70. The van der Waals surface area contributed by atoms with E-state index in [1.165, 1.54) is 19.2 Å². The van der Waals surface area contributed by atoms with E-state index in [4.69, 9.17) is 4.74 Å². The molecule has 1 fully saturated rings. The maximum absolute atomic E-state index is 13.3. The molecule has 0 bridgehead atoms. The van der Waals surface area contributed by atoms with Crippen molar-refractivity contribution in [2.75, 3.05) is 45.7 Å². The Kier molecular flexibility index (Phi) is 7.09. The first-order valence-electron chi connectivity index (χ1n) is 12.8. The number of H-pyrrole nitrogens is 1. The lowest BCUT2D eigenvalue weighted by atomic mass is 10.0. The molecule has 1 saturated heterocycles. The van der Waals surface area contributed by atoms with Gasteiger partial charge in [-0.15, -0.1) is 0 Å². The number of fused-ring (bicyclic) bond motifs is 1. The fraction of sp³-hybridized carbons (Fsp3) is 0.310. The summed E-state index contributed by atoms with van der Waals surface area (Å²) in [4.78, 5) is 33.7. The van der Waals surface area contributed by atoms with Gasteiger partial charge in [0.25, 0.3) is 11.8 Å². The average Bonchev–Trinajstić information content (AvgIpc) is 3.37. The Balaban J connectivity index is 1.46. The van der Waals surface area contributed by atoms with Crippen molar-refractivity contribution in [3.05, 3.63) is 76.1 Å². The lowest BCUT2D eigenvalue weighted by Gasteiger charge is -2.32. The zero-order valence-corrected chi connectivity index (χ0v) is 23.3. The molecule has 10 heteroatoms. The minimum Gasteiger partial charge on any atom is -0.497 e. The van der Waals surface area contributed by atoms with Crippen LogP contribution in [-0.4, -0.2) is 75.4 Å². The number of carbonyl (C=O) groups is 2. The summed E-state index contributed by atoms with van der Waals surface area (Å²) in [6.45, 7) is 6.69. The lowest BCUT2D eigenvalue weighted by Crippen LogP contribution is -2.47. The second-order valence-corrected chi connectivity index (χ2v) is 12.1. The molecule has 1 aromatic heterocycles. The number of amides is 2. The largest absolute Gasteiger partial charge is 0.497 e. The number of sulfone groups is 1. The van der Waals surface area contributed by atoms with Gasteiger partial charge in [0.2, 0.25) is 0 Å².